The Balaban J connectivity index is 1.28. The minimum Gasteiger partial charge on any atom is -0.477 e. The zero-order valence-corrected chi connectivity index (χ0v) is 22.1. The van der Waals surface area contributed by atoms with Crippen LogP contribution in [0.25, 0.3) is 11.5 Å². The summed E-state index contributed by atoms with van der Waals surface area (Å²) in [7, 11) is 1.27. The van der Waals surface area contributed by atoms with Crippen molar-refractivity contribution < 1.29 is 28.7 Å². The summed E-state index contributed by atoms with van der Waals surface area (Å²) in [6.07, 6.45) is 0. The molecule has 0 radical (unpaired) electrons. The number of hydrogen-bond acceptors (Lipinski definition) is 14. The maximum absolute atomic E-state index is 13.0. The van der Waals surface area contributed by atoms with Crippen LogP contribution in [0.1, 0.15) is 5.69 Å². The van der Waals surface area contributed by atoms with Crippen LogP contribution in [-0.2, 0) is 19.2 Å². The van der Waals surface area contributed by atoms with Crippen molar-refractivity contribution in [2.24, 2.45) is 5.16 Å². The van der Waals surface area contributed by atoms with Gasteiger partial charge in [-0.15, -0.1) is 33.3 Å². The summed E-state index contributed by atoms with van der Waals surface area (Å²) >= 11 is 5.16. The predicted molar refractivity (Wildman–Crippen MR) is 138 cm³/mol. The number of hydrogen-bond donors (Lipinski definition) is 3. The van der Waals surface area contributed by atoms with Gasteiger partial charge >= 0.3 is 5.97 Å². The fraction of sp³-hybridized carbons (Fsp3) is 0.250. The van der Waals surface area contributed by atoms with Gasteiger partial charge in [-0.25, -0.2) is 9.78 Å². The number of aromatic nitrogens is 3. The highest BCUT2D eigenvalue weighted by Gasteiger charge is 2.54. The van der Waals surface area contributed by atoms with Gasteiger partial charge in [0, 0.05) is 27.8 Å². The number of anilines is 1. The SMILES string of the molecule is CON=C(C(=O)N[C@@H]1C(=O)N2C(C(=O)O)=C(CSc3nnc(-c4ccsc4)o3)CS[C@@H]12)c1csc(N)n1. The van der Waals surface area contributed by atoms with Crippen LogP contribution >= 0.6 is 46.2 Å². The number of thioether (sulfide) groups is 2. The van der Waals surface area contributed by atoms with Crippen LogP contribution < -0.4 is 11.1 Å². The number of fused-ring (bicyclic) bond motifs is 1. The molecule has 0 aliphatic carbocycles. The van der Waals surface area contributed by atoms with E-state index in [9.17, 15) is 19.5 Å². The Labute approximate surface area is 225 Å². The summed E-state index contributed by atoms with van der Waals surface area (Å²) in [5.74, 6) is -1.51. The number of carboxylic acid groups (broad SMARTS) is 1. The average Bonchev–Trinajstić information content (AvgIpc) is 3.65. The van der Waals surface area contributed by atoms with E-state index in [1.165, 1.54) is 46.9 Å². The Bertz CT molecular complexity index is 1420. The van der Waals surface area contributed by atoms with E-state index in [-0.39, 0.29) is 28.0 Å². The molecule has 2 aliphatic rings. The van der Waals surface area contributed by atoms with Crippen LogP contribution in [0.5, 0.6) is 0 Å². The van der Waals surface area contributed by atoms with E-state index in [4.69, 9.17) is 15.0 Å². The fourth-order valence-corrected chi connectivity index (χ4v) is 7.04. The number of nitrogens with zero attached hydrogens (tertiary/aromatic N) is 5. The van der Waals surface area contributed by atoms with Crippen LogP contribution in [0.3, 0.4) is 0 Å². The van der Waals surface area contributed by atoms with Gasteiger partial charge in [0.05, 0.1) is 0 Å². The second-order valence-corrected chi connectivity index (χ2v) is 11.2. The highest BCUT2D eigenvalue weighted by molar-refractivity contribution is 8.01. The number of thiazole rings is 1. The normalized spacial score (nSPS) is 19.4. The summed E-state index contributed by atoms with van der Waals surface area (Å²) in [6, 6.07) is 0.916. The number of nitrogen functional groups attached to an aromatic ring is 1. The number of carbonyl (C=O) groups is 3. The second-order valence-electron chi connectivity index (χ2n) is 7.49. The maximum atomic E-state index is 13.0. The molecule has 3 aromatic rings. The number of rotatable bonds is 9. The van der Waals surface area contributed by atoms with E-state index in [1.807, 2.05) is 16.8 Å². The molecule has 0 aromatic carbocycles. The van der Waals surface area contributed by atoms with Gasteiger partial charge in [0.2, 0.25) is 5.89 Å². The Morgan fingerprint density at radius 3 is 2.92 bits per heavy atom. The van der Waals surface area contributed by atoms with Crippen molar-refractivity contribution in [3.8, 4) is 11.5 Å². The standard InChI is InChI=1S/C20H17N7O6S4/c1-32-26-11(10-7-36-19(21)22-10)14(28)23-12-16(29)27-13(18(30)31)9(5-35-17(12)27)6-37-20-25-24-15(33-20)8-2-3-34-4-8/h2-4,7,12,17H,5-6H2,1H3,(H2,21,22)(H,23,28)(H,30,31)/t12-,17+/m1/s1. The van der Waals surface area contributed by atoms with Gasteiger partial charge in [-0.3, -0.25) is 14.5 Å². The molecule has 3 aromatic heterocycles. The number of carbonyl (C=O) groups excluding carboxylic acids is 2. The van der Waals surface area contributed by atoms with Gasteiger partial charge in [0.15, 0.2) is 10.8 Å². The smallest absolute Gasteiger partial charge is 0.352 e. The van der Waals surface area contributed by atoms with Crippen molar-refractivity contribution in [2.45, 2.75) is 16.6 Å². The molecule has 0 saturated carbocycles. The van der Waals surface area contributed by atoms with Crippen molar-refractivity contribution in [2.75, 3.05) is 24.3 Å². The number of nitrogens with one attached hydrogen (secondary N) is 1. The fourth-order valence-electron chi connectivity index (χ4n) is 3.62. The number of β-lactam (4-membered cyclic amide) rings is 1. The molecule has 0 bridgehead atoms. The average molecular weight is 580 g/mol. The third kappa shape index (κ3) is 4.94. The third-order valence-electron chi connectivity index (χ3n) is 5.24. The van der Waals surface area contributed by atoms with Gasteiger partial charge in [-0.05, 0) is 17.0 Å². The van der Waals surface area contributed by atoms with E-state index in [2.05, 4.69) is 25.7 Å². The number of carboxylic acids is 1. The highest BCUT2D eigenvalue weighted by Crippen LogP contribution is 2.41. The van der Waals surface area contributed by atoms with E-state index < -0.39 is 29.2 Å². The van der Waals surface area contributed by atoms with Crippen molar-refractivity contribution in [3.05, 3.63) is 39.2 Å². The van der Waals surface area contributed by atoms with Crippen molar-refractivity contribution in [3.63, 3.8) is 0 Å². The molecular weight excluding hydrogens is 563 g/mol. The summed E-state index contributed by atoms with van der Waals surface area (Å²) in [6.45, 7) is 0. The Morgan fingerprint density at radius 1 is 1.41 bits per heavy atom. The molecule has 37 heavy (non-hydrogen) atoms. The lowest BCUT2D eigenvalue weighted by Crippen LogP contribution is -2.71. The second kappa shape index (κ2) is 10.5. The van der Waals surface area contributed by atoms with Crippen molar-refractivity contribution in [1.82, 2.24) is 25.4 Å². The van der Waals surface area contributed by atoms with Gasteiger partial charge < -0.3 is 25.4 Å². The van der Waals surface area contributed by atoms with Gasteiger partial charge in [-0.2, -0.15) is 11.3 Å². The summed E-state index contributed by atoms with van der Waals surface area (Å²) in [5.41, 5.74) is 6.94. The van der Waals surface area contributed by atoms with Crippen LogP contribution in [0.4, 0.5) is 5.13 Å². The minimum atomic E-state index is -1.23. The first-order valence-corrected chi connectivity index (χ1v) is 14.2. The Kier molecular flexibility index (Phi) is 7.18. The predicted octanol–water partition coefficient (Wildman–Crippen LogP) is 1.72. The van der Waals surface area contributed by atoms with E-state index in [0.717, 1.165) is 16.9 Å². The lowest BCUT2D eigenvalue weighted by atomic mass is 10.0. The number of nitrogens with two attached hydrogens (primary N) is 1. The first-order chi connectivity index (χ1) is 17.9. The first kappa shape index (κ1) is 25.2. The molecule has 5 rings (SSSR count). The van der Waals surface area contributed by atoms with Crippen LogP contribution in [0, 0.1) is 0 Å². The summed E-state index contributed by atoms with van der Waals surface area (Å²) in [5, 5.41) is 29.5. The van der Waals surface area contributed by atoms with Crippen molar-refractivity contribution >= 4 is 74.8 Å². The minimum absolute atomic E-state index is 0.109. The van der Waals surface area contributed by atoms with E-state index in [1.54, 1.807) is 5.38 Å². The van der Waals surface area contributed by atoms with E-state index in [0.29, 0.717) is 22.4 Å². The number of thiophene rings is 1. The molecular formula is C20H17N7O6S4. The van der Waals surface area contributed by atoms with Gasteiger partial charge in [0.25, 0.3) is 17.0 Å². The Morgan fingerprint density at radius 2 is 2.24 bits per heavy atom. The number of oxime groups is 1. The zero-order valence-electron chi connectivity index (χ0n) is 18.8. The summed E-state index contributed by atoms with van der Waals surface area (Å²) in [4.78, 5) is 47.9. The molecule has 5 heterocycles. The summed E-state index contributed by atoms with van der Waals surface area (Å²) < 4.78 is 5.65. The molecule has 17 heteroatoms. The zero-order chi connectivity index (χ0) is 26.1. The monoisotopic (exact) mass is 579 g/mol. The molecule has 2 atom stereocenters. The Hall–Kier alpha value is -3.41. The molecule has 1 fully saturated rings. The molecule has 0 spiro atoms. The van der Waals surface area contributed by atoms with Crippen LogP contribution in [-0.4, -0.2) is 78.7 Å². The number of amides is 2. The lowest BCUT2D eigenvalue weighted by Gasteiger charge is -2.49. The largest absolute Gasteiger partial charge is 0.477 e. The topological polar surface area (TPSA) is 186 Å². The quantitative estimate of drug-likeness (QED) is 0.144. The maximum Gasteiger partial charge on any atom is 0.352 e. The van der Waals surface area contributed by atoms with Gasteiger partial charge in [-0.1, -0.05) is 16.9 Å². The third-order valence-corrected chi connectivity index (χ3v) is 8.84. The molecule has 2 aliphatic heterocycles. The van der Waals surface area contributed by atoms with Crippen LogP contribution in [0.15, 0.2) is 48.3 Å². The molecule has 1 saturated heterocycles. The highest BCUT2D eigenvalue weighted by atomic mass is 32.2. The molecule has 0 unspecified atom stereocenters. The molecule has 4 N–H and O–H groups in total. The van der Waals surface area contributed by atoms with Crippen molar-refractivity contribution in [1.29, 1.82) is 0 Å². The molecule has 13 nitrogen and oxygen atoms in total. The van der Waals surface area contributed by atoms with Gasteiger partial charge in [0.1, 0.15) is 29.9 Å². The van der Waals surface area contributed by atoms with E-state index >= 15 is 0 Å². The van der Waals surface area contributed by atoms with Crippen LogP contribution in [0.2, 0.25) is 0 Å². The number of aliphatic carboxylic acids is 1. The lowest BCUT2D eigenvalue weighted by molar-refractivity contribution is -0.150. The molecule has 192 valence electrons. The first-order valence-electron chi connectivity index (χ1n) is 10.4. The molecule has 2 amide bonds.